The predicted molar refractivity (Wildman–Crippen MR) is 139 cm³/mol. The highest BCUT2D eigenvalue weighted by Gasteiger charge is 2.39. The largest absolute Gasteiger partial charge is 0.496 e. The van der Waals surface area contributed by atoms with Gasteiger partial charge in [0.05, 0.1) is 24.0 Å². The van der Waals surface area contributed by atoms with E-state index in [1.165, 1.54) is 11.8 Å². The summed E-state index contributed by atoms with van der Waals surface area (Å²) in [5.41, 5.74) is 2.48. The molecule has 5 nitrogen and oxygen atoms in total. The lowest BCUT2D eigenvalue weighted by Crippen LogP contribution is -2.42. The third kappa shape index (κ3) is 4.89. The predicted octanol–water partition coefficient (Wildman–Crippen LogP) is 6.56. The van der Waals surface area contributed by atoms with Gasteiger partial charge in [0.2, 0.25) is 5.91 Å². The Kier molecular flexibility index (Phi) is 6.83. The minimum atomic E-state index is -0.996. The summed E-state index contributed by atoms with van der Waals surface area (Å²) in [6.07, 6.45) is -0.254. The number of rotatable bonds is 5. The first kappa shape index (κ1) is 24.4. The van der Waals surface area contributed by atoms with Gasteiger partial charge >= 0.3 is 5.97 Å². The Morgan fingerprint density at radius 2 is 1.79 bits per heavy atom. The second kappa shape index (κ2) is 9.51. The maximum absolute atomic E-state index is 13.7. The summed E-state index contributed by atoms with van der Waals surface area (Å²) in [5, 5.41) is 11.1. The van der Waals surface area contributed by atoms with Crippen molar-refractivity contribution in [3.63, 3.8) is 0 Å². The van der Waals surface area contributed by atoms with Crippen LogP contribution in [0, 0.1) is 5.41 Å². The highest BCUT2D eigenvalue weighted by atomic mass is 35.5. The molecular formula is C27H28ClNO4S. The zero-order valence-electron chi connectivity index (χ0n) is 19.7. The molecule has 0 aromatic heterocycles. The number of aliphatic carboxylic acids is 1. The third-order valence-electron chi connectivity index (χ3n) is 5.82. The van der Waals surface area contributed by atoms with Crippen molar-refractivity contribution >= 4 is 51.7 Å². The molecule has 1 amide bonds. The summed E-state index contributed by atoms with van der Waals surface area (Å²) in [4.78, 5) is 27.2. The van der Waals surface area contributed by atoms with Crippen LogP contribution in [-0.2, 0) is 9.59 Å². The maximum Gasteiger partial charge on any atom is 0.305 e. The van der Waals surface area contributed by atoms with Crippen molar-refractivity contribution in [1.82, 2.24) is 0 Å². The standard InChI is InChI=1S/C27H28ClNO4S/c1-27(2,3)15-29-21-11-9-16(28)13-20(21)25(34-23(26(29)32)14-24(30)31)19-10-12-22(33-4)18-8-6-5-7-17(18)19/h5-13,23,25H,14-15H2,1-4H3,(H,30,31)/t23-,25-/m1/s1. The van der Waals surface area contributed by atoms with E-state index < -0.39 is 11.2 Å². The summed E-state index contributed by atoms with van der Waals surface area (Å²) in [6, 6.07) is 17.5. The van der Waals surface area contributed by atoms with Crippen LogP contribution in [0.25, 0.3) is 10.8 Å². The Labute approximate surface area is 209 Å². The summed E-state index contributed by atoms with van der Waals surface area (Å²) < 4.78 is 5.58. The lowest BCUT2D eigenvalue weighted by molar-refractivity contribution is -0.138. The van der Waals surface area contributed by atoms with E-state index in [0.29, 0.717) is 11.6 Å². The van der Waals surface area contributed by atoms with Crippen molar-refractivity contribution in [2.45, 2.75) is 37.7 Å². The number of amides is 1. The van der Waals surface area contributed by atoms with Gasteiger partial charge in [0, 0.05) is 22.6 Å². The van der Waals surface area contributed by atoms with Gasteiger partial charge in [-0.05, 0) is 46.2 Å². The summed E-state index contributed by atoms with van der Waals surface area (Å²) in [6.45, 7) is 6.66. The monoisotopic (exact) mass is 497 g/mol. The number of hydrogen-bond donors (Lipinski definition) is 1. The van der Waals surface area contributed by atoms with Gasteiger partial charge < -0.3 is 14.7 Å². The number of hydrogen-bond acceptors (Lipinski definition) is 4. The van der Waals surface area contributed by atoms with Gasteiger partial charge in [-0.3, -0.25) is 9.59 Å². The first-order valence-corrected chi connectivity index (χ1v) is 12.4. The van der Waals surface area contributed by atoms with Crippen molar-refractivity contribution in [2.75, 3.05) is 18.6 Å². The van der Waals surface area contributed by atoms with Crippen molar-refractivity contribution < 1.29 is 19.4 Å². The lowest BCUT2D eigenvalue weighted by atomic mass is 9.93. The molecule has 7 heteroatoms. The van der Waals surface area contributed by atoms with Gasteiger partial charge in [0.1, 0.15) is 5.75 Å². The fourth-order valence-electron chi connectivity index (χ4n) is 4.44. The number of halogens is 1. The van der Waals surface area contributed by atoms with Crippen molar-refractivity contribution in [3.05, 3.63) is 70.7 Å². The molecule has 4 rings (SSSR count). The molecule has 0 fully saturated rings. The van der Waals surface area contributed by atoms with Gasteiger partial charge in [-0.1, -0.05) is 62.7 Å². The number of benzene rings is 3. The molecule has 0 aliphatic carbocycles. The smallest absolute Gasteiger partial charge is 0.305 e. The number of carboxylic acids is 1. The number of methoxy groups -OCH3 is 1. The minimum Gasteiger partial charge on any atom is -0.496 e. The number of thioether (sulfide) groups is 1. The molecule has 3 aromatic rings. The molecule has 0 saturated carbocycles. The molecular weight excluding hydrogens is 470 g/mol. The quantitative estimate of drug-likeness (QED) is 0.432. The Morgan fingerprint density at radius 1 is 1.09 bits per heavy atom. The molecule has 2 atom stereocenters. The van der Waals surface area contributed by atoms with Crippen LogP contribution in [-0.4, -0.2) is 35.9 Å². The summed E-state index contributed by atoms with van der Waals surface area (Å²) in [7, 11) is 1.64. The highest BCUT2D eigenvalue weighted by molar-refractivity contribution is 8.01. The molecule has 1 heterocycles. The highest BCUT2D eigenvalue weighted by Crippen LogP contribution is 2.50. The van der Waals surface area contributed by atoms with Crippen molar-refractivity contribution in [2.24, 2.45) is 5.41 Å². The number of carbonyl (C=O) groups is 2. The van der Waals surface area contributed by atoms with E-state index in [9.17, 15) is 14.7 Å². The average molecular weight is 498 g/mol. The van der Waals surface area contributed by atoms with Crippen LogP contribution in [0.5, 0.6) is 5.75 Å². The van der Waals surface area contributed by atoms with Crippen molar-refractivity contribution in [1.29, 1.82) is 0 Å². The molecule has 34 heavy (non-hydrogen) atoms. The van der Waals surface area contributed by atoms with Crippen LogP contribution in [0.2, 0.25) is 5.02 Å². The van der Waals surface area contributed by atoms with E-state index >= 15 is 0 Å². The molecule has 1 N–H and O–H groups in total. The second-order valence-electron chi connectivity index (χ2n) is 9.69. The number of anilines is 1. The van der Waals surface area contributed by atoms with Gasteiger partial charge in [-0.25, -0.2) is 0 Å². The average Bonchev–Trinajstić information content (AvgIpc) is 2.87. The Bertz CT molecular complexity index is 1250. The van der Waals surface area contributed by atoms with E-state index in [2.05, 4.69) is 20.8 Å². The van der Waals surface area contributed by atoms with Crippen molar-refractivity contribution in [3.8, 4) is 5.75 Å². The molecule has 0 unspecified atom stereocenters. The van der Waals surface area contributed by atoms with E-state index in [-0.39, 0.29) is 23.0 Å². The van der Waals surface area contributed by atoms with E-state index in [1.807, 2.05) is 48.5 Å². The lowest BCUT2D eigenvalue weighted by Gasteiger charge is -2.31. The van der Waals surface area contributed by atoms with Crippen LogP contribution in [0.15, 0.2) is 54.6 Å². The van der Waals surface area contributed by atoms with Gasteiger partial charge in [0.25, 0.3) is 0 Å². The SMILES string of the molecule is COc1ccc([C@H]2S[C@H](CC(=O)O)C(=O)N(CC(C)(C)C)c3ccc(Cl)cc32)c2ccccc12. The topological polar surface area (TPSA) is 66.8 Å². The molecule has 0 radical (unpaired) electrons. The van der Waals surface area contributed by atoms with Crippen LogP contribution < -0.4 is 9.64 Å². The van der Waals surface area contributed by atoms with Gasteiger partial charge in [0.15, 0.2) is 0 Å². The zero-order chi connectivity index (χ0) is 24.6. The summed E-state index contributed by atoms with van der Waals surface area (Å²) in [5.74, 6) is -0.424. The number of nitrogens with zero attached hydrogens (tertiary/aromatic N) is 1. The molecule has 1 aliphatic heterocycles. The Hall–Kier alpha value is -2.70. The fraction of sp³-hybridized carbons (Fsp3) is 0.333. The molecule has 1 aliphatic rings. The fourth-order valence-corrected chi connectivity index (χ4v) is 6.12. The molecule has 0 spiro atoms. The molecule has 0 saturated heterocycles. The van der Waals surface area contributed by atoms with Crippen LogP contribution in [0.3, 0.4) is 0 Å². The number of fused-ring (bicyclic) bond motifs is 2. The molecule has 0 bridgehead atoms. The van der Waals surface area contributed by atoms with E-state index in [0.717, 1.165) is 33.3 Å². The third-order valence-corrected chi connectivity index (χ3v) is 7.53. The first-order chi connectivity index (χ1) is 16.1. The van der Waals surface area contributed by atoms with Crippen LogP contribution >= 0.6 is 23.4 Å². The van der Waals surface area contributed by atoms with E-state index in [4.69, 9.17) is 16.3 Å². The number of ether oxygens (including phenoxy) is 1. The molecule has 178 valence electrons. The normalized spacial score (nSPS) is 18.5. The van der Waals surface area contributed by atoms with Gasteiger partial charge in [-0.2, -0.15) is 0 Å². The number of carboxylic acid groups (broad SMARTS) is 1. The summed E-state index contributed by atoms with van der Waals surface area (Å²) >= 11 is 7.84. The van der Waals surface area contributed by atoms with E-state index in [1.54, 1.807) is 18.1 Å². The second-order valence-corrected chi connectivity index (χ2v) is 11.4. The Morgan fingerprint density at radius 3 is 2.44 bits per heavy atom. The van der Waals surface area contributed by atoms with Crippen LogP contribution in [0.1, 0.15) is 43.6 Å². The van der Waals surface area contributed by atoms with Gasteiger partial charge in [-0.15, -0.1) is 11.8 Å². The van der Waals surface area contributed by atoms with Crippen LogP contribution in [0.4, 0.5) is 5.69 Å². The molecule has 3 aromatic carbocycles. The zero-order valence-corrected chi connectivity index (χ0v) is 21.2. The first-order valence-electron chi connectivity index (χ1n) is 11.1. The Balaban J connectivity index is 1.97. The minimum absolute atomic E-state index is 0.183. The maximum atomic E-state index is 13.7. The number of carbonyl (C=O) groups excluding carboxylic acids is 1.